The van der Waals surface area contributed by atoms with Crippen LogP contribution < -0.4 is 21.7 Å². The first kappa shape index (κ1) is 30.5. The SMILES string of the molecule is NCCCNC(=O)C(Cc1ccc2ccccc2c1)NC(=O)C(Cc1c[nH]c2ccccc12)NC(=O)CCc1ccccc1. The van der Waals surface area contributed by atoms with Gasteiger partial charge in [0.25, 0.3) is 0 Å². The maximum Gasteiger partial charge on any atom is 0.243 e. The minimum atomic E-state index is -0.881. The second-order valence-electron chi connectivity index (χ2n) is 11.0. The van der Waals surface area contributed by atoms with Gasteiger partial charge in [0.1, 0.15) is 12.1 Å². The number of carbonyl (C=O) groups excluding carboxylic acids is 3. The summed E-state index contributed by atoms with van der Waals surface area (Å²) in [5.74, 6) is -0.934. The fourth-order valence-electron chi connectivity index (χ4n) is 5.42. The Morgan fingerprint density at radius 2 is 1.45 bits per heavy atom. The zero-order chi connectivity index (χ0) is 30.7. The molecule has 6 N–H and O–H groups in total. The number of aromatic amines is 1. The minimum Gasteiger partial charge on any atom is -0.361 e. The summed E-state index contributed by atoms with van der Waals surface area (Å²) in [5, 5.41) is 12.0. The van der Waals surface area contributed by atoms with Crippen molar-refractivity contribution in [3.8, 4) is 0 Å². The smallest absolute Gasteiger partial charge is 0.243 e. The third-order valence-electron chi connectivity index (χ3n) is 7.80. The van der Waals surface area contributed by atoms with E-state index in [0.717, 1.165) is 38.4 Å². The third-order valence-corrected chi connectivity index (χ3v) is 7.80. The van der Waals surface area contributed by atoms with Crippen LogP contribution >= 0.6 is 0 Å². The summed E-state index contributed by atoms with van der Waals surface area (Å²) in [5.41, 5.74) is 9.46. The summed E-state index contributed by atoms with van der Waals surface area (Å²) in [6.45, 7) is 0.859. The first-order valence-corrected chi connectivity index (χ1v) is 15.1. The van der Waals surface area contributed by atoms with E-state index in [-0.39, 0.29) is 24.7 Å². The molecule has 226 valence electrons. The van der Waals surface area contributed by atoms with Crippen LogP contribution in [0.15, 0.2) is 103 Å². The van der Waals surface area contributed by atoms with Crippen LogP contribution in [0.4, 0.5) is 0 Å². The van der Waals surface area contributed by atoms with Crippen molar-refractivity contribution in [3.05, 3.63) is 120 Å². The number of hydrogen-bond donors (Lipinski definition) is 5. The second-order valence-corrected chi connectivity index (χ2v) is 11.0. The molecule has 0 fully saturated rings. The Balaban J connectivity index is 1.36. The Morgan fingerprint density at radius 3 is 2.27 bits per heavy atom. The van der Waals surface area contributed by atoms with E-state index in [9.17, 15) is 14.4 Å². The predicted octanol–water partition coefficient (Wildman–Crippen LogP) is 4.17. The van der Waals surface area contributed by atoms with Gasteiger partial charge in [0.05, 0.1) is 0 Å². The molecule has 0 saturated heterocycles. The molecular formula is C36H39N5O3. The van der Waals surface area contributed by atoms with Crippen molar-refractivity contribution in [1.29, 1.82) is 0 Å². The molecule has 4 aromatic carbocycles. The van der Waals surface area contributed by atoms with E-state index in [1.807, 2.05) is 103 Å². The maximum absolute atomic E-state index is 13.9. The monoisotopic (exact) mass is 589 g/mol. The lowest BCUT2D eigenvalue weighted by molar-refractivity contribution is -0.132. The van der Waals surface area contributed by atoms with Crippen molar-refractivity contribution in [1.82, 2.24) is 20.9 Å². The Hall–Kier alpha value is -4.95. The van der Waals surface area contributed by atoms with Gasteiger partial charge in [-0.25, -0.2) is 0 Å². The number of para-hydroxylation sites is 1. The molecule has 1 aromatic heterocycles. The molecule has 5 rings (SSSR count). The first-order valence-electron chi connectivity index (χ1n) is 15.1. The van der Waals surface area contributed by atoms with Crippen molar-refractivity contribution in [2.75, 3.05) is 13.1 Å². The van der Waals surface area contributed by atoms with Gasteiger partial charge in [-0.2, -0.15) is 0 Å². The summed E-state index contributed by atoms with van der Waals surface area (Å²) in [4.78, 5) is 43.7. The molecule has 0 spiro atoms. The predicted molar refractivity (Wildman–Crippen MR) is 175 cm³/mol. The van der Waals surface area contributed by atoms with Gasteiger partial charge in [-0.3, -0.25) is 14.4 Å². The minimum absolute atomic E-state index is 0.229. The van der Waals surface area contributed by atoms with E-state index < -0.39 is 18.0 Å². The highest BCUT2D eigenvalue weighted by Gasteiger charge is 2.28. The number of benzene rings is 4. The van der Waals surface area contributed by atoms with Gasteiger partial charge in [-0.05, 0) is 52.9 Å². The lowest BCUT2D eigenvalue weighted by Gasteiger charge is -2.23. The summed E-state index contributed by atoms with van der Waals surface area (Å²) in [6, 6.07) is 29.9. The summed E-state index contributed by atoms with van der Waals surface area (Å²) >= 11 is 0. The molecule has 8 nitrogen and oxygen atoms in total. The molecule has 2 unspecified atom stereocenters. The van der Waals surface area contributed by atoms with Crippen molar-refractivity contribution in [2.24, 2.45) is 5.73 Å². The van der Waals surface area contributed by atoms with Crippen molar-refractivity contribution < 1.29 is 14.4 Å². The molecule has 8 heteroatoms. The summed E-state index contributed by atoms with van der Waals surface area (Å²) in [7, 11) is 0. The fraction of sp³-hybridized carbons (Fsp3) is 0.250. The van der Waals surface area contributed by atoms with E-state index in [4.69, 9.17) is 5.73 Å². The van der Waals surface area contributed by atoms with Crippen molar-refractivity contribution in [2.45, 2.75) is 44.2 Å². The zero-order valence-corrected chi connectivity index (χ0v) is 24.7. The highest BCUT2D eigenvalue weighted by Crippen LogP contribution is 2.20. The van der Waals surface area contributed by atoms with Crippen LogP contribution in [0.25, 0.3) is 21.7 Å². The Bertz CT molecular complexity index is 1720. The lowest BCUT2D eigenvalue weighted by atomic mass is 9.99. The molecular weight excluding hydrogens is 550 g/mol. The van der Waals surface area contributed by atoms with Crippen molar-refractivity contribution >= 4 is 39.4 Å². The van der Waals surface area contributed by atoms with Gasteiger partial charge in [0.15, 0.2) is 0 Å². The van der Waals surface area contributed by atoms with Crippen LogP contribution in [0.2, 0.25) is 0 Å². The molecule has 0 aliphatic carbocycles. The van der Waals surface area contributed by atoms with Gasteiger partial charge in [0, 0.05) is 42.9 Å². The van der Waals surface area contributed by atoms with Crippen LogP contribution in [0.1, 0.15) is 29.5 Å². The highest BCUT2D eigenvalue weighted by atomic mass is 16.2. The van der Waals surface area contributed by atoms with Crippen LogP contribution in [0, 0.1) is 0 Å². The van der Waals surface area contributed by atoms with E-state index in [0.29, 0.717) is 32.4 Å². The molecule has 0 aliphatic heterocycles. The largest absolute Gasteiger partial charge is 0.361 e. The number of carbonyl (C=O) groups is 3. The Labute approximate surface area is 257 Å². The fourth-order valence-corrected chi connectivity index (χ4v) is 5.42. The average Bonchev–Trinajstić information content (AvgIpc) is 3.46. The number of nitrogens with two attached hydrogens (primary N) is 1. The topological polar surface area (TPSA) is 129 Å². The molecule has 44 heavy (non-hydrogen) atoms. The molecule has 3 amide bonds. The highest BCUT2D eigenvalue weighted by molar-refractivity contribution is 5.93. The van der Waals surface area contributed by atoms with Crippen LogP contribution in [0.3, 0.4) is 0 Å². The molecule has 5 aromatic rings. The van der Waals surface area contributed by atoms with Gasteiger partial charge >= 0.3 is 0 Å². The van der Waals surface area contributed by atoms with Crippen molar-refractivity contribution in [3.63, 3.8) is 0 Å². The number of H-pyrrole nitrogens is 1. The number of amides is 3. The Morgan fingerprint density at radius 1 is 0.727 bits per heavy atom. The standard InChI is InChI=1S/C36H39N5O3/c37-19-8-20-38-35(43)32(22-26-15-17-27-11-4-5-12-28(27)21-26)41-36(44)33(23-29-24-39-31-14-7-6-13-30(29)31)40-34(42)18-16-25-9-2-1-3-10-25/h1-7,9-15,17,21,24,32-33,39H,8,16,18-20,22-23,37H2,(H,38,43)(H,40,42)(H,41,44). The van der Waals surface area contributed by atoms with Crippen LogP contribution in [-0.2, 0) is 33.6 Å². The molecule has 0 radical (unpaired) electrons. The molecule has 2 atom stereocenters. The number of aryl methyl sites for hydroxylation is 1. The number of aromatic nitrogens is 1. The first-order chi connectivity index (χ1) is 21.5. The normalized spacial score (nSPS) is 12.5. The summed E-state index contributed by atoms with van der Waals surface area (Å²) in [6.07, 6.45) is 3.86. The maximum atomic E-state index is 13.9. The number of fused-ring (bicyclic) bond motifs is 2. The Kier molecular flexibility index (Phi) is 10.4. The quantitative estimate of drug-likeness (QED) is 0.125. The summed E-state index contributed by atoms with van der Waals surface area (Å²) < 4.78 is 0. The van der Waals surface area contributed by atoms with E-state index >= 15 is 0 Å². The van der Waals surface area contributed by atoms with Gasteiger partial charge < -0.3 is 26.7 Å². The molecule has 0 aliphatic rings. The van der Waals surface area contributed by atoms with Crippen LogP contribution in [0.5, 0.6) is 0 Å². The lowest BCUT2D eigenvalue weighted by Crippen LogP contribution is -2.55. The average molecular weight is 590 g/mol. The zero-order valence-electron chi connectivity index (χ0n) is 24.7. The molecule has 0 bridgehead atoms. The van der Waals surface area contributed by atoms with E-state index in [1.165, 1.54) is 0 Å². The van der Waals surface area contributed by atoms with Gasteiger partial charge in [-0.1, -0.05) is 91.0 Å². The van der Waals surface area contributed by atoms with Gasteiger partial charge in [-0.15, -0.1) is 0 Å². The van der Waals surface area contributed by atoms with E-state index in [2.05, 4.69) is 20.9 Å². The van der Waals surface area contributed by atoms with Crippen LogP contribution in [-0.4, -0.2) is 47.9 Å². The number of rotatable bonds is 14. The molecule has 0 saturated carbocycles. The van der Waals surface area contributed by atoms with Gasteiger partial charge in [0.2, 0.25) is 17.7 Å². The van der Waals surface area contributed by atoms with E-state index in [1.54, 1.807) is 0 Å². The number of nitrogens with one attached hydrogen (secondary N) is 4. The number of hydrogen-bond acceptors (Lipinski definition) is 4. The third kappa shape index (κ3) is 8.11. The molecule has 1 heterocycles. The second kappa shape index (κ2) is 15.0.